The molecule has 0 unspecified atom stereocenters. The Morgan fingerprint density at radius 3 is 1.97 bits per heavy atom. The number of hydrogen-bond donors (Lipinski definition) is 0. The Balaban J connectivity index is 1.41. The Hall–Kier alpha value is -1.93. The zero-order valence-electron chi connectivity index (χ0n) is 16.9. The number of nitrogens with zero attached hydrogens (tertiary/aromatic N) is 3. The monoisotopic (exact) mass is 419 g/mol. The van der Waals surface area contributed by atoms with Gasteiger partial charge in [-0.15, -0.1) is 0 Å². The van der Waals surface area contributed by atoms with E-state index in [1.165, 1.54) is 4.31 Å². The second-order valence-electron chi connectivity index (χ2n) is 8.37. The van der Waals surface area contributed by atoms with Crippen LogP contribution in [0.2, 0.25) is 0 Å². The van der Waals surface area contributed by atoms with Gasteiger partial charge < -0.3 is 9.80 Å². The Morgan fingerprint density at radius 1 is 0.828 bits per heavy atom. The van der Waals surface area contributed by atoms with Crippen LogP contribution in [0.15, 0.2) is 29.2 Å². The zero-order valence-corrected chi connectivity index (χ0v) is 17.7. The van der Waals surface area contributed by atoms with Crippen molar-refractivity contribution in [2.45, 2.75) is 50.0 Å². The van der Waals surface area contributed by atoms with Gasteiger partial charge in [0, 0.05) is 38.6 Å². The third kappa shape index (κ3) is 3.92. The topological polar surface area (TPSA) is 78.0 Å². The lowest BCUT2D eigenvalue weighted by Gasteiger charge is -2.39. The predicted octanol–water partition coefficient (Wildman–Crippen LogP) is 1.62. The van der Waals surface area contributed by atoms with Crippen LogP contribution in [0.3, 0.4) is 0 Å². The number of carbonyl (C=O) groups excluding carboxylic acids is 2. The first-order chi connectivity index (χ1) is 13.9. The Morgan fingerprint density at radius 2 is 1.41 bits per heavy atom. The molecule has 0 aromatic heterocycles. The van der Waals surface area contributed by atoms with Gasteiger partial charge in [0.25, 0.3) is 0 Å². The number of hydrogen-bond acceptors (Lipinski definition) is 4. The predicted molar refractivity (Wildman–Crippen MR) is 109 cm³/mol. The molecule has 2 heterocycles. The Labute approximate surface area is 172 Å². The van der Waals surface area contributed by atoms with E-state index >= 15 is 0 Å². The Kier molecular flexibility index (Phi) is 5.66. The minimum atomic E-state index is -3.70. The maximum atomic E-state index is 13.1. The number of rotatable bonds is 4. The summed E-state index contributed by atoms with van der Waals surface area (Å²) in [6.45, 7) is 4.32. The summed E-state index contributed by atoms with van der Waals surface area (Å²) >= 11 is 0. The lowest BCUT2D eigenvalue weighted by atomic mass is 9.84. The maximum absolute atomic E-state index is 13.1. The molecule has 158 valence electrons. The van der Waals surface area contributed by atoms with Crippen molar-refractivity contribution in [3.8, 4) is 0 Å². The second kappa shape index (κ2) is 8.07. The fourth-order valence-corrected chi connectivity index (χ4v) is 6.04. The largest absolute Gasteiger partial charge is 0.339 e. The number of aryl methyl sites for hydroxylation is 1. The van der Waals surface area contributed by atoms with Gasteiger partial charge in [0.2, 0.25) is 21.8 Å². The van der Waals surface area contributed by atoms with Crippen LogP contribution in [-0.4, -0.2) is 73.1 Å². The third-order valence-electron chi connectivity index (χ3n) is 6.47. The first kappa shape index (κ1) is 20.3. The first-order valence-corrected chi connectivity index (χ1v) is 12.0. The lowest BCUT2D eigenvalue weighted by Crippen LogP contribution is -2.56. The van der Waals surface area contributed by atoms with Crippen molar-refractivity contribution in [3.05, 3.63) is 29.8 Å². The van der Waals surface area contributed by atoms with Crippen molar-refractivity contribution < 1.29 is 18.0 Å². The molecule has 0 N–H and O–H groups in total. The molecule has 2 saturated heterocycles. The Bertz CT molecular complexity index is 872. The SMILES string of the molecule is Cc1ccc(S(=O)(=O)N2CCC[C@H]2C(=O)N2CCN(C(=O)C3CCC3)CC2)cc1. The molecule has 1 saturated carbocycles. The van der Waals surface area contributed by atoms with Crippen molar-refractivity contribution in [2.24, 2.45) is 5.92 Å². The van der Waals surface area contributed by atoms with E-state index in [9.17, 15) is 18.0 Å². The summed E-state index contributed by atoms with van der Waals surface area (Å²) in [5.41, 5.74) is 0.993. The molecule has 1 aliphatic carbocycles. The van der Waals surface area contributed by atoms with Crippen LogP contribution in [0.5, 0.6) is 0 Å². The van der Waals surface area contributed by atoms with Crippen LogP contribution >= 0.6 is 0 Å². The van der Waals surface area contributed by atoms with Gasteiger partial charge in [0.1, 0.15) is 6.04 Å². The van der Waals surface area contributed by atoms with Gasteiger partial charge in [-0.05, 0) is 44.7 Å². The van der Waals surface area contributed by atoms with E-state index in [2.05, 4.69) is 0 Å². The van der Waals surface area contributed by atoms with Gasteiger partial charge in [-0.1, -0.05) is 24.1 Å². The molecule has 1 aromatic rings. The van der Waals surface area contributed by atoms with Gasteiger partial charge in [0.05, 0.1) is 4.90 Å². The summed E-state index contributed by atoms with van der Waals surface area (Å²) in [6.07, 6.45) is 4.31. The average Bonchev–Trinajstić information content (AvgIpc) is 3.17. The molecule has 8 heteroatoms. The van der Waals surface area contributed by atoms with Crippen LogP contribution in [0, 0.1) is 12.8 Å². The molecule has 4 rings (SSSR count). The smallest absolute Gasteiger partial charge is 0.243 e. The van der Waals surface area contributed by atoms with Gasteiger partial charge in [-0.25, -0.2) is 8.42 Å². The second-order valence-corrected chi connectivity index (χ2v) is 10.3. The van der Waals surface area contributed by atoms with Crippen molar-refractivity contribution >= 4 is 21.8 Å². The van der Waals surface area contributed by atoms with E-state index < -0.39 is 16.1 Å². The van der Waals surface area contributed by atoms with E-state index in [1.807, 2.05) is 11.8 Å². The van der Waals surface area contributed by atoms with E-state index in [4.69, 9.17) is 0 Å². The van der Waals surface area contributed by atoms with Gasteiger partial charge >= 0.3 is 0 Å². The highest BCUT2D eigenvalue weighted by Gasteiger charge is 2.42. The summed E-state index contributed by atoms with van der Waals surface area (Å²) in [5, 5.41) is 0. The molecule has 0 radical (unpaired) electrons. The molecule has 0 bridgehead atoms. The van der Waals surface area contributed by atoms with E-state index in [0.717, 1.165) is 24.8 Å². The number of amides is 2. The molecule has 2 amide bonds. The maximum Gasteiger partial charge on any atom is 0.243 e. The van der Waals surface area contributed by atoms with Crippen LogP contribution in [0.4, 0.5) is 0 Å². The standard InChI is InChI=1S/C21H29N3O4S/c1-16-7-9-18(10-8-16)29(27,28)24-11-3-6-19(24)21(26)23-14-12-22(13-15-23)20(25)17-4-2-5-17/h7-10,17,19H,2-6,11-15H2,1H3/t19-/m0/s1. The lowest BCUT2D eigenvalue weighted by molar-refractivity contribution is -0.145. The normalized spacial score (nSPS) is 23.8. The molecular formula is C21H29N3O4S. The van der Waals surface area contributed by atoms with Gasteiger partial charge in [0.15, 0.2) is 0 Å². The number of piperazine rings is 1. The molecule has 1 aromatic carbocycles. The zero-order chi connectivity index (χ0) is 20.6. The number of sulfonamides is 1. The highest BCUT2D eigenvalue weighted by atomic mass is 32.2. The molecule has 7 nitrogen and oxygen atoms in total. The van der Waals surface area contributed by atoms with Crippen molar-refractivity contribution in [2.75, 3.05) is 32.7 Å². The fourth-order valence-electron chi connectivity index (χ4n) is 4.39. The molecular weight excluding hydrogens is 390 g/mol. The van der Waals surface area contributed by atoms with Crippen LogP contribution in [0.25, 0.3) is 0 Å². The minimum Gasteiger partial charge on any atom is -0.339 e. The van der Waals surface area contributed by atoms with Crippen molar-refractivity contribution in [3.63, 3.8) is 0 Å². The third-order valence-corrected chi connectivity index (χ3v) is 8.40. The highest BCUT2D eigenvalue weighted by Crippen LogP contribution is 2.30. The minimum absolute atomic E-state index is 0.131. The molecule has 3 fully saturated rings. The summed E-state index contributed by atoms with van der Waals surface area (Å²) < 4.78 is 27.6. The quantitative estimate of drug-likeness (QED) is 0.743. The number of benzene rings is 1. The molecule has 3 aliphatic rings. The van der Waals surface area contributed by atoms with Gasteiger partial charge in [-0.2, -0.15) is 4.31 Å². The summed E-state index contributed by atoms with van der Waals surface area (Å²) in [6, 6.07) is 6.12. The van der Waals surface area contributed by atoms with Crippen molar-refractivity contribution in [1.82, 2.24) is 14.1 Å². The van der Waals surface area contributed by atoms with E-state index in [-0.39, 0.29) is 22.6 Å². The summed E-state index contributed by atoms with van der Waals surface area (Å²) in [5.74, 6) is 0.254. The molecule has 1 atom stereocenters. The average molecular weight is 420 g/mol. The van der Waals surface area contributed by atoms with Crippen LogP contribution < -0.4 is 0 Å². The summed E-state index contributed by atoms with van der Waals surface area (Å²) in [7, 11) is -3.70. The van der Waals surface area contributed by atoms with Gasteiger partial charge in [-0.3, -0.25) is 9.59 Å². The van der Waals surface area contributed by atoms with E-state index in [1.54, 1.807) is 29.2 Å². The molecule has 29 heavy (non-hydrogen) atoms. The first-order valence-electron chi connectivity index (χ1n) is 10.5. The summed E-state index contributed by atoms with van der Waals surface area (Å²) in [4.78, 5) is 29.4. The highest BCUT2D eigenvalue weighted by molar-refractivity contribution is 7.89. The number of carbonyl (C=O) groups is 2. The van der Waals surface area contributed by atoms with Crippen LogP contribution in [-0.2, 0) is 19.6 Å². The molecule has 0 spiro atoms. The van der Waals surface area contributed by atoms with E-state index in [0.29, 0.717) is 45.6 Å². The fraction of sp³-hybridized carbons (Fsp3) is 0.619. The van der Waals surface area contributed by atoms with Crippen molar-refractivity contribution in [1.29, 1.82) is 0 Å². The molecule has 2 aliphatic heterocycles. The van der Waals surface area contributed by atoms with Crippen LogP contribution in [0.1, 0.15) is 37.7 Å².